The fourth-order valence-corrected chi connectivity index (χ4v) is 2.51. The van der Waals surface area contributed by atoms with E-state index in [-0.39, 0.29) is 6.42 Å². The molecule has 2 aromatic rings. The number of aryl methyl sites for hydroxylation is 1. The molecule has 0 fully saturated rings. The van der Waals surface area contributed by atoms with Crippen LogP contribution in [-0.2, 0) is 24.2 Å². The minimum absolute atomic E-state index is 0.139. The average Bonchev–Trinajstić information content (AvgIpc) is 2.74. The Balaban J connectivity index is 2.31. The molecule has 1 heterocycles. The summed E-state index contributed by atoms with van der Waals surface area (Å²) in [6.45, 7) is 2.73. The Morgan fingerprint density at radius 3 is 2.67 bits per heavy atom. The van der Waals surface area contributed by atoms with Crippen molar-refractivity contribution in [1.29, 1.82) is 0 Å². The van der Waals surface area contributed by atoms with Gasteiger partial charge in [-0.1, -0.05) is 55.3 Å². The minimum atomic E-state index is -0.914. The molecule has 0 aliphatic heterocycles. The number of aromatic nitrogens is 2. The number of hydrogen-bond acceptors (Lipinski definition) is 2. The Morgan fingerprint density at radius 2 is 2.05 bits per heavy atom. The highest BCUT2D eigenvalue weighted by atomic mass is 35.5. The molecule has 5 heteroatoms. The van der Waals surface area contributed by atoms with Gasteiger partial charge in [-0.2, -0.15) is 0 Å². The molecule has 21 heavy (non-hydrogen) atoms. The lowest BCUT2D eigenvalue weighted by molar-refractivity contribution is -0.136. The molecule has 4 nitrogen and oxygen atoms in total. The number of aliphatic carboxylic acids is 1. The summed E-state index contributed by atoms with van der Waals surface area (Å²) in [5.41, 5.74) is 1.57. The van der Waals surface area contributed by atoms with Crippen LogP contribution in [0.4, 0.5) is 0 Å². The lowest BCUT2D eigenvalue weighted by Gasteiger charge is -2.09. The van der Waals surface area contributed by atoms with E-state index in [4.69, 9.17) is 16.7 Å². The molecular formula is C16H19ClN2O2. The molecule has 0 saturated heterocycles. The van der Waals surface area contributed by atoms with Gasteiger partial charge < -0.3 is 9.67 Å². The van der Waals surface area contributed by atoms with Gasteiger partial charge in [0.1, 0.15) is 11.0 Å². The van der Waals surface area contributed by atoms with Crippen molar-refractivity contribution in [2.75, 3.05) is 0 Å². The second-order valence-corrected chi connectivity index (χ2v) is 5.37. The predicted octanol–water partition coefficient (Wildman–Crippen LogP) is 3.55. The van der Waals surface area contributed by atoms with Crippen molar-refractivity contribution in [3.63, 3.8) is 0 Å². The van der Waals surface area contributed by atoms with Crippen LogP contribution in [0, 0.1) is 0 Å². The third kappa shape index (κ3) is 4.08. The molecular weight excluding hydrogens is 288 g/mol. The zero-order valence-corrected chi connectivity index (χ0v) is 12.8. The summed E-state index contributed by atoms with van der Waals surface area (Å²) >= 11 is 6.34. The first kappa shape index (κ1) is 15.6. The summed E-state index contributed by atoms with van der Waals surface area (Å²) in [5.74, 6) is -0.0507. The summed E-state index contributed by atoms with van der Waals surface area (Å²) in [5, 5.41) is 9.39. The van der Waals surface area contributed by atoms with Gasteiger partial charge in [0.25, 0.3) is 0 Å². The van der Waals surface area contributed by atoms with E-state index in [1.165, 1.54) is 0 Å². The van der Waals surface area contributed by atoms with Gasteiger partial charge in [-0.3, -0.25) is 4.79 Å². The van der Waals surface area contributed by atoms with E-state index in [9.17, 15) is 4.79 Å². The van der Waals surface area contributed by atoms with Gasteiger partial charge in [0.15, 0.2) is 0 Å². The first-order valence-corrected chi connectivity index (χ1v) is 7.49. The lowest BCUT2D eigenvalue weighted by Crippen LogP contribution is -2.05. The van der Waals surface area contributed by atoms with Crippen molar-refractivity contribution in [3.8, 4) is 0 Å². The average molecular weight is 307 g/mol. The number of imidazole rings is 1. The second kappa shape index (κ2) is 7.27. The SMILES string of the molecule is CCCCc1nc(CC(=O)O)c(Cl)n1Cc1ccccc1. The van der Waals surface area contributed by atoms with Gasteiger partial charge >= 0.3 is 5.97 Å². The van der Waals surface area contributed by atoms with E-state index in [0.29, 0.717) is 17.4 Å². The quantitative estimate of drug-likeness (QED) is 0.851. The van der Waals surface area contributed by atoms with Gasteiger partial charge in [0, 0.05) is 6.42 Å². The maximum atomic E-state index is 10.9. The molecule has 0 amide bonds. The van der Waals surface area contributed by atoms with Gasteiger partial charge in [-0.05, 0) is 12.0 Å². The predicted molar refractivity (Wildman–Crippen MR) is 82.7 cm³/mol. The van der Waals surface area contributed by atoms with Gasteiger partial charge in [0.2, 0.25) is 0 Å². The molecule has 0 radical (unpaired) electrons. The molecule has 0 saturated carbocycles. The van der Waals surface area contributed by atoms with Crippen LogP contribution >= 0.6 is 11.6 Å². The number of hydrogen-bond donors (Lipinski definition) is 1. The summed E-state index contributed by atoms with van der Waals surface area (Å²) in [6.07, 6.45) is 2.74. The summed E-state index contributed by atoms with van der Waals surface area (Å²) < 4.78 is 1.92. The van der Waals surface area contributed by atoms with Gasteiger partial charge in [-0.25, -0.2) is 4.98 Å². The Bertz CT molecular complexity index is 608. The molecule has 0 aliphatic carbocycles. The minimum Gasteiger partial charge on any atom is -0.481 e. The number of rotatable bonds is 7. The third-order valence-corrected chi connectivity index (χ3v) is 3.73. The Kier molecular flexibility index (Phi) is 5.39. The van der Waals surface area contributed by atoms with E-state index in [1.54, 1.807) is 0 Å². The highest BCUT2D eigenvalue weighted by Gasteiger charge is 2.17. The van der Waals surface area contributed by atoms with Crippen molar-refractivity contribution in [1.82, 2.24) is 9.55 Å². The fraction of sp³-hybridized carbons (Fsp3) is 0.375. The van der Waals surface area contributed by atoms with Crippen LogP contribution in [0.1, 0.15) is 36.8 Å². The Labute approximate surface area is 129 Å². The van der Waals surface area contributed by atoms with Crippen LogP contribution in [0.15, 0.2) is 30.3 Å². The van der Waals surface area contributed by atoms with Crippen molar-refractivity contribution in [2.24, 2.45) is 0 Å². The largest absolute Gasteiger partial charge is 0.481 e. The zero-order chi connectivity index (χ0) is 15.2. The van der Waals surface area contributed by atoms with E-state index in [2.05, 4.69) is 11.9 Å². The number of carboxylic acids is 1. The van der Waals surface area contributed by atoms with E-state index in [0.717, 1.165) is 30.7 Å². The Morgan fingerprint density at radius 1 is 1.33 bits per heavy atom. The smallest absolute Gasteiger partial charge is 0.309 e. The van der Waals surface area contributed by atoms with Crippen LogP contribution in [-0.4, -0.2) is 20.6 Å². The van der Waals surface area contributed by atoms with E-state index >= 15 is 0 Å². The molecule has 2 rings (SSSR count). The molecule has 0 atom stereocenters. The van der Waals surface area contributed by atoms with Crippen molar-refractivity contribution in [3.05, 3.63) is 52.6 Å². The molecule has 0 bridgehead atoms. The van der Waals surface area contributed by atoms with Crippen molar-refractivity contribution >= 4 is 17.6 Å². The summed E-state index contributed by atoms with van der Waals surface area (Å²) in [4.78, 5) is 15.3. The first-order chi connectivity index (χ1) is 10.1. The number of carbonyl (C=O) groups is 1. The monoisotopic (exact) mass is 306 g/mol. The molecule has 0 unspecified atom stereocenters. The van der Waals surface area contributed by atoms with E-state index < -0.39 is 5.97 Å². The number of nitrogens with zero attached hydrogens (tertiary/aromatic N) is 2. The number of halogens is 1. The molecule has 1 N–H and O–H groups in total. The maximum Gasteiger partial charge on any atom is 0.309 e. The normalized spacial score (nSPS) is 10.8. The standard InChI is InChI=1S/C16H19ClN2O2/c1-2-3-9-14-18-13(10-15(20)21)16(17)19(14)11-12-7-5-4-6-8-12/h4-8H,2-3,9-11H2,1H3,(H,20,21). The van der Waals surface area contributed by atoms with Crippen molar-refractivity contribution in [2.45, 2.75) is 39.2 Å². The highest BCUT2D eigenvalue weighted by molar-refractivity contribution is 6.30. The number of carboxylic acid groups (broad SMARTS) is 1. The zero-order valence-electron chi connectivity index (χ0n) is 12.1. The highest BCUT2D eigenvalue weighted by Crippen LogP contribution is 2.22. The molecule has 1 aromatic heterocycles. The fourth-order valence-electron chi connectivity index (χ4n) is 2.24. The van der Waals surface area contributed by atoms with Crippen LogP contribution in [0.2, 0.25) is 5.15 Å². The van der Waals surface area contributed by atoms with Crippen molar-refractivity contribution < 1.29 is 9.90 Å². The lowest BCUT2D eigenvalue weighted by atomic mass is 10.2. The van der Waals surface area contributed by atoms with Crippen LogP contribution in [0.3, 0.4) is 0 Å². The van der Waals surface area contributed by atoms with Crippen LogP contribution in [0.5, 0.6) is 0 Å². The number of unbranched alkanes of at least 4 members (excludes halogenated alkanes) is 1. The Hall–Kier alpha value is -1.81. The molecule has 0 aliphatic rings. The van der Waals surface area contributed by atoms with Crippen LogP contribution < -0.4 is 0 Å². The summed E-state index contributed by atoms with van der Waals surface area (Å²) in [7, 11) is 0. The van der Waals surface area contributed by atoms with E-state index in [1.807, 2.05) is 34.9 Å². The maximum absolute atomic E-state index is 10.9. The number of benzene rings is 1. The van der Waals surface area contributed by atoms with Gasteiger partial charge in [0.05, 0.1) is 18.7 Å². The first-order valence-electron chi connectivity index (χ1n) is 7.11. The second-order valence-electron chi connectivity index (χ2n) is 5.01. The molecule has 1 aromatic carbocycles. The molecule has 112 valence electrons. The topological polar surface area (TPSA) is 55.1 Å². The third-order valence-electron chi connectivity index (χ3n) is 3.31. The van der Waals surface area contributed by atoms with Crippen LogP contribution in [0.25, 0.3) is 0 Å². The molecule has 0 spiro atoms. The summed E-state index contributed by atoms with van der Waals surface area (Å²) in [6, 6.07) is 9.97. The van der Waals surface area contributed by atoms with Gasteiger partial charge in [-0.15, -0.1) is 0 Å².